The number of benzene rings is 1. The first-order valence-corrected chi connectivity index (χ1v) is 12.3. The van der Waals surface area contributed by atoms with E-state index < -0.39 is 29.6 Å². The van der Waals surface area contributed by atoms with Gasteiger partial charge in [-0.05, 0) is 68.4 Å². The van der Waals surface area contributed by atoms with Gasteiger partial charge in [0.2, 0.25) is 11.8 Å². The van der Waals surface area contributed by atoms with Gasteiger partial charge in [0.1, 0.15) is 11.3 Å². The van der Waals surface area contributed by atoms with Gasteiger partial charge in [-0.1, -0.05) is 6.92 Å². The summed E-state index contributed by atoms with van der Waals surface area (Å²) in [4.78, 5) is 31.0. The lowest BCUT2D eigenvalue weighted by Gasteiger charge is -2.35. The van der Waals surface area contributed by atoms with E-state index in [9.17, 15) is 27.9 Å². The molecule has 1 fully saturated rings. The molecule has 0 unspecified atom stereocenters. The van der Waals surface area contributed by atoms with Crippen LogP contribution in [0.3, 0.4) is 0 Å². The van der Waals surface area contributed by atoms with Gasteiger partial charge in [0.15, 0.2) is 0 Å². The van der Waals surface area contributed by atoms with Gasteiger partial charge in [-0.3, -0.25) is 4.79 Å². The molecule has 3 rings (SSSR count). The summed E-state index contributed by atoms with van der Waals surface area (Å²) < 4.78 is 51.6. The Bertz CT molecular complexity index is 1200. The van der Waals surface area contributed by atoms with Crippen molar-refractivity contribution in [3.63, 3.8) is 0 Å². The fourth-order valence-electron chi connectivity index (χ4n) is 4.63. The van der Waals surface area contributed by atoms with Crippen molar-refractivity contribution in [1.82, 2.24) is 4.98 Å². The van der Waals surface area contributed by atoms with Crippen molar-refractivity contribution in [3.05, 3.63) is 47.2 Å². The topological polar surface area (TPSA) is 113 Å². The molecule has 1 aliphatic carbocycles. The van der Waals surface area contributed by atoms with E-state index in [0.29, 0.717) is 18.8 Å². The number of hydrogen-bond donors (Lipinski definition) is 1. The van der Waals surface area contributed by atoms with Crippen molar-refractivity contribution in [2.24, 2.45) is 11.8 Å². The number of rotatable bonds is 9. The number of carboxylic acid groups (broad SMARTS) is 1. The van der Waals surface area contributed by atoms with Crippen LogP contribution in [0.25, 0.3) is 0 Å². The Labute approximate surface area is 219 Å². The molecule has 11 heteroatoms. The average molecular weight is 534 g/mol. The molecule has 0 bridgehead atoms. The van der Waals surface area contributed by atoms with E-state index in [4.69, 9.17) is 14.7 Å². The summed E-state index contributed by atoms with van der Waals surface area (Å²) in [6.07, 6.45) is -0.831. The SMILES string of the molecule is COC[C@H](C)N(c1ccc(Oc2ncc(CC#N)cc2C(F)(F)F)cc1C(=O)O)C(=O)[C@H]1CC[C@H](C)CC1. The second-order valence-corrected chi connectivity index (χ2v) is 9.58. The Morgan fingerprint density at radius 3 is 2.50 bits per heavy atom. The van der Waals surface area contributed by atoms with Crippen molar-refractivity contribution in [2.45, 2.75) is 58.2 Å². The number of methoxy groups -OCH3 is 1. The Kier molecular flexibility index (Phi) is 9.33. The third-order valence-electron chi connectivity index (χ3n) is 6.62. The lowest BCUT2D eigenvalue weighted by Crippen LogP contribution is -2.46. The van der Waals surface area contributed by atoms with Crippen molar-refractivity contribution in [3.8, 4) is 17.7 Å². The van der Waals surface area contributed by atoms with Gasteiger partial charge in [-0.2, -0.15) is 18.4 Å². The molecule has 1 heterocycles. The van der Waals surface area contributed by atoms with E-state index in [1.54, 1.807) is 13.0 Å². The molecule has 1 amide bonds. The standard InChI is InChI=1S/C27H30F3N3O5/c1-16-4-6-19(7-5-16)25(34)33(17(2)15-37-3)23-9-8-20(13-21(23)26(35)36)38-24-22(27(28,29)30)12-18(10-11-31)14-32-24/h8-9,12-14,16-17,19H,4-7,10,15H2,1-3H3,(H,35,36)/t16-,17-,19-/m0/s1. The number of carbonyl (C=O) groups excluding carboxylic acids is 1. The molecule has 1 saturated carbocycles. The molecule has 1 aromatic carbocycles. The predicted octanol–water partition coefficient (Wildman–Crippen LogP) is 5.85. The maximum absolute atomic E-state index is 13.6. The van der Waals surface area contributed by atoms with Crippen LogP contribution in [0.15, 0.2) is 30.5 Å². The molecule has 8 nitrogen and oxygen atoms in total. The molecule has 0 radical (unpaired) electrons. The molecule has 0 aliphatic heterocycles. The zero-order chi connectivity index (χ0) is 28.0. The first-order valence-electron chi connectivity index (χ1n) is 12.3. The normalized spacial score (nSPS) is 18.3. The van der Waals surface area contributed by atoms with Crippen LogP contribution >= 0.6 is 0 Å². The molecular weight excluding hydrogens is 503 g/mol. The smallest absolute Gasteiger partial charge is 0.421 e. The lowest BCUT2D eigenvalue weighted by molar-refractivity contribution is -0.139. The van der Waals surface area contributed by atoms with Crippen molar-refractivity contribution in [2.75, 3.05) is 18.6 Å². The number of alkyl halides is 3. The first-order chi connectivity index (χ1) is 18.0. The molecule has 38 heavy (non-hydrogen) atoms. The van der Waals surface area contributed by atoms with Gasteiger partial charge in [-0.15, -0.1) is 0 Å². The fraction of sp³-hybridized carbons (Fsp3) is 0.481. The number of hydrogen-bond acceptors (Lipinski definition) is 6. The van der Waals surface area contributed by atoms with Crippen molar-refractivity contribution < 1.29 is 37.3 Å². The Morgan fingerprint density at radius 2 is 1.92 bits per heavy atom. The molecule has 0 saturated heterocycles. The molecule has 1 aromatic heterocycles. The number of amides is 1. The van der Waals surface area contributed by atoms with Crippen molar-refractivity contribution in [1.29, 1.82) is 5.26 Å². The molecule has 204 valence electrons. The largest absolute Gasteiger partial charge is 0.478 e. The molecule has 0 spiro atoms. The maximum Gasteiger partial charge on any atom is 0.421 e. The minimum absolute atomic E-state index is 0.0622. The van der Waals surface area contributed by atoms with Gasteiger partial charge in [0.25, 0.3) is 0 Å². The summed E-state index contributed by atoms with van der Waals surface area (Å²) in [5.74, 6) is -2.33. The van der Waals surface area contributed by atoms with Crippen LogP contribution in [0.4, 0.5) is 18.9 Å². The highest BCUT2D eigenvalue weighted by Gasteiger charge is 2.37. The summed E-state index contributed by atoms with van der Waals surface area (Å²) in [5.41, 5.74) is -1.33. The van der Waals surface area contributed by atoms with Gasteiger partial charge >= 0.3 is 12.1 Å². The first kappa shape index (κ1) is 28.9. The maximum atomic E-state index is 13.6. The highest BCUT2D eigenvalue weighted by Crippen LogP contribution is 2.39. The van der Waals surface area contributed by atoms with Crippen LogP contribution in [-0.4, -0.2) is 41.7 Å². The van der Waals surface area contributed by atoms with Crippen LogP contribution in [0.2, 0.25) is 0 Å². The minimum atomic E-state index is -4.82. The number of carbonyl (C=O) groups is 2. The monoisotopic (exact) mass is 533 g/mol. The number of ether oxygens (including phenoxy) is 2. The van der Waals surface area contributed by atoms with E-state index in [2.05, 4.69) is 11.9 Å². The summed E-state index contributed by atoms with van der Waals surface area (Å²) in [7, 11) is 1.48. The second-order valence-electron chi connectivity index (χ2n) is 9.58. The van der Waals surface area contributed by atoms with E-state index >= 15 is 0 Å². The van der Waals surface area contributed by atoms with E-state index in [0.717, 1.165) is 31.2 Å². The third kappa shape index (κ3) is 6.81. The minimum Gasteiger partial charge on any atom is -0.478 e. The number of aromatic nitrogens is 1. The average Bonchev–Trinajstić information content (AvgIpc) is 2.85. The zero-order valence-corrected chi connectivity index (χ0v) is 21.4. The van der Waals surface area contributed by atoms with Crippen LogP contribution < -0.4 is 9.64 Å². The molecule has 1 atom stereocenters. The van der Waals surface area contributed by atoms with Crippen LogP contribution in [-0.2, 0) is 22.1 Å². The Morgan fingerprint density at radius 1 is 1.24 bits per heavy atom. The molecule has 2 aromatic rings. The highest BCUT2D eigenvalue weighted by atomic mass is 19.4. The predicted molar refractivity (Wildman–Crippen MR) is 132 cm³/mol. The van der Waals surface area contributed by atoms with Gasteiger partial charge in [0, 0.05) is 19.2 Å². The Hall–Kier alpha value is -3.65. The fourth-order valence-corrected chi connectivity index (χ4v) is 4.63. The number of carboxylic acids is 1. The lowest BCUT2D eigenvalue weighted by atomic mass is 9.82. The van der Waals surface area contributed by atoms with Crippen LogP contribution in [0, 0.1) is 23.2 Å². The number of halogens is 3. The van der Waals surface area contributed by atoms with Gasteiger partial charge in [0.05, 0.1) is 36.4 Å². The summed E-state index contributed by atoms with van der Waals surface area (Å²) in [6, 6.07) is 5.77. The number of nitrogens with zero attached hydrogens (tertiary/aromatic N) is 3. The molecule has 1 aliphatic rings. The van der Waals surface area contributed by atoms with Gasteiger partial charge < -0.3 is 19.5 Å². The van der Waals surface area contributed by atoms with E-state index in [-0.39, 0.29) is 47.4 Å². The summed E-state index contributed by atoms with van der Waals surface area (Å²) in [6.45, 7) is 4.02. The number of pyridine rings is 1. The molecular formula is C27H30F3N3O5. The second kappa shape index (κ2) is 12.3. The number of anilines is 1. The quantitative estimate of drug-likeness (QED) is 0.430. The third-order valence-corrected chi connectivity index (χ3v) is 6.62. The van der Waals surface area contributed by atoms with Gasteiger partial charge in [-0.25, -0.2) is 9.78 Å². The van der Waals surface area contributed by atoms with Crippen LogP contribution in [0.5, 0.6) is 11.6 Å². The highest BCUT2D eigenvalue weighted by molar-refractivity contribution is 6.03. The van der Waals surface area contributed by atoms with Crippen molar-refractivity contribution >= 4 is 17.6 Å². The number of nitriles is 1. The van der Waals surface area contributed by atoms with E-state index in [1.165, 1.54) is 24.1 Å². The Balaban J connectivity index is 2.01. The summed E-state index contributed by atoms with van der Waals surface area (Å²) >= 11 is 0. The molecule has 1 N–H and O–H groups in total. The zero-order valence-electron chi connectivity index (χ0n) is 21.4. The van der Waals surface area contributed by atoms with E-state index in [1.807, 2.05) is 0 Å². The number of aromatic carboxylic acids is 1. The van der Waals surface area contributed by atoms with Crippen LogP contribution in [0.1, 0.15) is 61.0 Å². The summed E-state index contributed by atoms with van der Waals surface area (Å²) in [5, 5.41) is 18.8.